The van der Waals surface area contributed by atoms with Crippen LogP contribution in [0.5, 0.6) is 5.75 Å². The maximum Gasteiger partial charge on any atom is 0.264 e. The molecule has 0 aliphatic heterocycles. The van der Waals surface area contributed by atoms with Crippen LogP contribution in [-0.4, -0.2) is 28.0 Å². The molecule has 162 valence electrons. The van der Waals surface area contributed by atoms with Gasteiger partial charge in [-0.3, -0.25) is 9.10 Å². The summed E-state index contributed by atoms with van der Waals surface area (Å²) in [6.07, 6.45) is 0. The van der Waals surface area contributed by atoms with E-state index in [-0.39, 0.29) is 21.2 Å². The first-order chi connectivity index (χ1) is 14.7. The van der Waals surface area contributed by atoms with Gasteiger partial charge in [0.15, 0.2) is 0 Å². The number of amides is 1. The Morgan fingerprint density at radius 2 is 1.71 bits per heavy atom. The molecule has 0 fully saturated rings. The van der Waals surface area contributed by atoms with Crippen molar-refractivity contribution >= 4 is 38.9 Å². The molecule has 3 aromatic rings. The van der Waals surface area contributed by atoms with Crippen LogP contribution in [0.4, 0.5) is 15.8 Å². The van der Waals surface area contributed by atoms with E-state index in [0.29, 0.717) is 18.0 Å². The molecular formula is C22H20ClFN2O4S. The van der Waals surface area contributed by atoms with Crippen molar-refractivity contribution in [2.45, 2.75) is 11.8 Å². The average Bonchev–Trinajstić information content (AvgIpc) is 2.75. The number of anilines is 2. The number of hydrogen-bond acceptors (Lipinski definition) is 4. The van der Waals surface area contributed by atoms with Crippen LogP contribution in [0.1, 0.15) is 17.3 Å². The van der Waals surface area contributed by atoms with E-state index in [9.17, 15) is 17.6 Å². The van der Waals surface area contributed by atoms with Gasteiger partial charge in [0, 0.05) is 12.7 Å². The Bertz CT molecular complexity index is 1180. The molecule has 1 N–H and O–H groups in total. The first-order valence-corrected chi connectivity index (χ1v) is 11.1. The van der Waals surface area contributed by atoms with E-state index in [1.807, 2.05) is 6.92 Å². The van der Waals surface area contributed by atoms with Gasteiger partial charge in [0.05, 0.1) is 27.8 Å². The van der Waals surface area contributed by atoms with E-state index in [0.717, 1.165) is 4.31 Å². The molecule has 3 rings (SSSR count). The zero-order valence-electron chi connectivity index (χ0n) is 16.8. The lowest BCUT2D eigenvalue weighted by molar-refractivity contribution is 0.102. The summed E-state index contributed by atoms with van der Waals surface area (Å²) in [7, 11) is -2.66. The Hall–Kier alpha value is -3.10. The molecule has 1 amide bonds. The third kappa shape index (κ3) is 5.15. The Balaban J connectivity index is 1.86. The lowest BCUT2D eigenvalue weighted by Gasteiger charge is -2.20. The summed E-state index contributed by atoms with van der Waals surface area (Å²) < 4.78 is 45.5. The molecule has 6 nitrogen and oxygen atoms in total. The summed E-state index contributed by atoms with van der Waals surface area (Å²) in [5.74, 6) is -0.375. The summed E-state index contributed by atoms with van der Waals surface area (Å²) in [5.41, 5.74) is 0.780. The maximum atomic E-state index is 13.2. The fraction of sp³-hybridized carbons (Fsp3) is 0.136. The number of rotatable bonds is 7. The van der Waals surface area contributed by atoms with Gasteiger partial charge in [-0.1, -0.05) is 11.6 Å². The number of benzene rings is 3. The predicted octanol–water partition coefficient (Wildman–Crippen LogP) is 4.96. The average molecular weight is 463 g/mol. The second-order valence-corrected chi connectivity index (χ2v) is 8.88. The van der Waals surface area contributed by atoms with Crippen molar-refractivity contribution in [3.63, 3.8) is 0 Å². The highest BCUT2D eigenvalue weighted by atomic mass is 35.5. The van der Waals surface area contributed by atoms with Crippen molar-refractivity contribution in [3.05, 3.63) is 83.1 Å². The minimum atomic E-state index is -4.01. The van der Waals surface area contributed by atoms with Crippen molar-refractivity contribution < 1.29 is 22.3 Å². The van der Waals surface area contributed by atoms with Crippen LogP contribution in [0, 0.1) is 5.82 Å². The van der Waals surface area contributed by atoms with Gasteiger partial charge in [0.1, 0.15) is 11.6 Å². The monoisotopic (exact) mass is 462 g/mol. The number of hydrogen-bond donors (Lipinski definition) is 1. The third-order valence-corrected chi connectivity index (χ3v) is 6.57. The summed E-state index contributed by atoms with van der Waals surface area (Å²) >= 11 is 6.16. The molecular weight excluding hydrogens is 443 g/mol. The smallest absolute Gasteiger partial charge is 0.264 e. The van der Waals surface area contributed by atoms with Gasteiger partial charge in [0.2, 0.25) is 0 Å². The van der Waals surface area contributed by atoms with Gasteiger partial charge >= 0.3 is 0 Å². The molecule has 3 aromatic carbocycles. The van der Waals surface area contributed by atoms with E-state index in [1.54, 1.807) is 24.3 Å². The minimum absolute atomic E-state index is 0.00383. The molecule has 0 bridgehead atoms. The van der Waals surface area contributed by atoms with Crippen LogP contribution in [0.15, 0.2) is 71.6 Å². The SMILES string of the molecule is CCOc1ccc(NC(=O)c2cc(S(=O)(=O)N(C)c3ccc(F)cc3)ccc2Cl)cc1. The largest absolute Gasteiger partial charge is 0.494 e. The van der Waals surface area contributed by atoms with E-state index < -0.39 is 21.7 Å². The molecule has 31 heavy (non-hydrogen) atoms. The number of nitrogens with zero attached hydrogens (tertiary/aromatic N) is 1. The van der Waals surface area contributed by atoms with Gasteiger partial charge in [-0.05, 0) is 73.7 Å². The Morgan fingerprint density at radius 3 is 2.32 bits per heavy atom. The van der Waals surface area contributed by atoms with Gasteiger partial charge < -0.3 is 10.1 Å². The van der Waals surface area contributed by atoms with E-state index in [1.165, 1.54) is 49.5 Å². The predicted molar refractivity (Wildman–Crippen MR) is 119 cm³/mol. The van der Waals surface area contributed by atoms with Crippen LogP contribution in [0.25, 0.3) is 0 Å². The topological polar surface area (TPSA) is 75.7 Å². The van der Waals surface area contributed by atoms with Gasteiger partial charge in [0.25, 0.3) is 15.9 Å². The summed E-state index contributed by atoms with van der Waals surface area (Å²) in [5, 5.41) is 2.79. The fourth-order valence-electron chi connectivity index (χ4n) is 2.79. The molecule has 0 saturated heterocycles. The second-order valence-electron chi connectivity index (χ2n) is 6.50. The Morgan fingerprint density at radius 1 is 1.06 bits per heavy atom. The first kappa shape index (κ1) is 22.6. The van der Waals surface area contributed by atoms with Crippen LogP contribution in [0.3, 0.4) is 0 Å². The number of nitrogens with one attached hydrogen (secondary N) is 1. The molecule has 0 heterocycles. The van der Waals surface area contributed by atoms with Crippen LogP contribution < -0.4 is 14.4 Å². The van der Waals surface area contributed by atoms with E-state index in [4.69, 9.17) is 16.3 Å². The van der Waals surface area contributed by atoms with Crippen LogP contribution in [-0.2, 0) is 10.0 Å². The van der Waals surface area contributed by atoms with E-state index >= 15 is 0 Å². The lowest BCUT2D eigenvalue weighted by Crippen LogP contribution is -2.27. The van der Waals surface area contributed by atoms with Crippen LogP contribution >= 0.6 is 11.6 Å². The highest BCUT2D eigenvalue weighted by molar-refractivity contribution is 7.92. The zero-order chi connectivity index (χ0) is 22.6. The molecule has 0 aliphatic rings. The number of ether oxygens (including phenoxy) is 1. The Labute approximate surface area is 185 Å². The van der Waals surface area contributed by atoms with Crippen molar-refractivity contribution in [2.75, 3.05) is 23.3 Å². The van der Waals surface area contributed by atoms with Crippen molar-refractivity contribution in [2.24, 2.45) is 0 Å². The molecule has 9 heteroatoms. The van der Waals surface area contributed by atoms with Crippen molar-refractivity contribution in [1.82, 2.24) is 0 Å². The minimum Gasteiger partial charge on any atom is -0.494 e. The molecule has 0 atom stereocenters. The molecule has 0 unspecified atom stereocenters. The molecule has 0 aromatic heterocycles. The summed E-state index contributed by atoms with van der Waals surface area (Å²) in [6, 6.07) is 15.6. The van der Waals surface area contributed by atoms with E-state index in [2.05, 4.69) is 5.32 Å². The quantitative estimate of drug-likeness (QED) is 0.538. The fourth-order valence-corrected chi connectivity index (χ4v) is 4.21. The molecule has 0 radical (unpaired) electrons. The molecule has 0 saturated carbocycles. The van der Waals surface area contributed by atoms with Gasteiger partial charge in [-0.15, -0.1) is 0 Å². The van der Waals surface area contributed by atoms with Crippen molar-refractivity contribution in [3.8, 4) is 5.75 Å². The standard InChI is InChI=1S/C22H20ClFN2O4S/c1-3-30-18-10-6-16(7-11-18)25-22(27)20-14-19(12-13-21(20)23)31(28,29)26(2)17-8-4-15(24)5-9-17/h4-14H,3H2,1-2H3,(H,25,27). The molecule has 0 spiro atoms. The summed E-state index contributed by atoms with van der Waals surface area (Å²) in [6.45, 7) is 2.39. The highest BCUT2D eigenvalue weighted by Gasteiger charge is 2.24. The van der Waals surface area contributed by atoms with Crippen molar-refractivity contribution in [1.29, 1.82) is 0 Å². The number of carbonyl (C=O) groups is 1. The summed E-state index contributed by atoms with van der Waals surface area (Å²) in [4.78, 5) is 12.6. The highest BCUT2D eigenvalue weighted by Crippen LogP contribution is 2.27. The number of sulfonamides is 1. The number of halogens is 2. The first-order valence-electron chi connectivity index (χ1n) is 9.30. The number of carbonyl (C=O) groups excluding carboxylic acids is 1. The maximum absolute atomic E-state index is 13.2. The molecule has 0 aliphatic carbocycles. The van der Waals surface area contributed by atoms with Crippen LogP contribution in [0.2, 0.25) is 5.02 Å². The zero-order valence-corrected chi connectivity index (χ0v) is 18.4. The third-order valence-electron chi connectivity index (χ3n) is 4.45. The normalized spacial score (nSPS) is 11.1. The van der Waals surface area contributed by atoms with Gasteiger partial charge in [-0.25, -0.2) is 12.8 Å². The second kappa shape index (κ2) is 9.36. The van der Waals surface area contributed by atoms with Gasteiger partial charge in [-0.2, -0.15) is 0 Å². The lowest BCUT2D eigenvalue weighted by atomic mass is 10.2. The Kier molecular flexibility index (Phi) is 6.82.